The molecular weight excluding hydrogens is 108 g/mol. The SMILES string of the molecule is CC1(C)C2C=CC=CC21. The van der Waals surface area contributed by atoms with Crippen LogP contribution in [0.4, 0.5) is 0 Å². The van der Waals surface area contributed by atoms with E-state index in [1.165, 1.54) is 0 Å². The summed E-state index contributed by atoms with van der Waals surface area (Å²) >= 11 is 0. The summed E-state index contributed by atoms with van der Waals surface area (Å²) in [6.07, 6.45) is 8.97. The predicted molar refractivity (Wildman–Crippen MR) is 39.0 cm³/mol. The van der Waals surface area contributed by atoms with Crippen LogP contribution in [0.1, 0.15) is 13.8 Å². The Morgan fingerprint density at radius 1 is 1.00 bits per heavy atom. The molecule has 0 nitrogen and oxygen atoms in total. The van der Waals surface area contributed by atoms with Crippen molar-refractivity contribution >= 4 is 0 Å². The van der Waals surface area contributed by atoms with E-state index in [2.05, 4.69) is 38.2 Å². The van der Waals surface area contributed by atoms with E-state index in [1.807, 2.05) is 0 Å². The first-order chi connectivity index (χ1) is 4.23. The molecule has 0 N–H and O–H groups in total. The lowest BCUT2D eigenvalue weighted by Crippen LogP contribution is -1.86. The molecule has 2 rings (SSSR count). The molecule has 0 amide bonds. The van der Waals surface area contributed by atoms with E-state index < -0.39 is 0 Å². The highest BCUT2D eigenvalue weighted by Crippen LogP contribution is 2.60. The zero-order chi connectivity index (χ0) is 6.48. The molecule has 2 atom stereocenters. The maximum absolute atomic E-state index is 2.34. The van der Waals surface area contributed by atoms with Crippen LogP contribution in [0.5, 0.6) is 0 Å². The van der Waals surface area contributed by atoms with Gasteiger partial charge < -0.3 is 0 Å². The number of fused-ring (bicyclic) bond motifs is 1. The summed E-state index contributed by atoms with van der Waals surface area (Å²) < 4.78 is 0. The molecule has 0 aliphatic heterocycles. The lowest BCUT2D eigenvalue weighted by Gasteiger charge is -1.94. The molecule has 1 saturated carbocycles. The molecule has 0 heterocycles. The normalized spacial score (nSPS) is 42.4. The highest BCUT2D eigenvalue weighted by atomic mass is 14.6. The van der Waals surface area contributed by atoms with E-state index in [4.69, 9.17) is 0 Å². The molecule has 0 heteroatoms. The van der Waals surface area contributed by atoms with Crippen LogP contribution in [0.15, 0.2) is 24.3 Å². The fourth-order valence-corrected chi connectivity index (χ4v) is 1.82. The highest BCUT2D eigenvalue weighted by Gasteiger charge is 2.54. The number of hydrogen-bond donors (Lipinski definition) is 0. The van der Waals surface area contributed by atoms with Crippen molar-refractivity contribution in [3.05, 3.63) is 24.3 Å². The summed E-state index contributed by atoms with van der Waals surface area (Å²) in [6, 6.07) is 0. The first-order valence-electron chi connectivity index (χ1n) is 3.58. The molecule has 48 valence electrons. The molecule has 2 aliphatic carbocycles. The minimum absolute atomic E-state index is 0.573. The van der Waals surface area contributed by atoms with Crippen LogP contribution in [0.25, 0.3) is 0 Å². The molecule has 9 heavy (non-hydrogen) atoms. The van der Waals surface area contributed by atoms with Gasteiger partial charge in [0.05, 0.1) is 0 Å². The number of rotatable bonds is 0. The standard InChI is InChI=1S/C9H12/c1-9(2)7-5-3-4-6-8(7)9/h3-8H,1-2H3. The van der Waals surface area contributed by atoms with Gasteiger partial charge in [0.15, 0.2) is 0 Å². The quantitative estimate of drug-likeness (QED) is 0.460. The fourth-order valence-electron chi connectivity index (χ4n) is 1.82. The van der Waals surface area contributed by atoms with Crippen molar-refractivity contribution in [3.8, 4) is 0 Å². The number of allylic oxidation sites excluding steroid dienone is 4. The molecule has 0 bridgehead atoms. The van der Waals surface area contributed by atoms with E-state index in [0.29, 0.717) is 5.41 Å². The van der Waals surface area contributed by atoms with Gasteiger partial charge >= 0.3 is 0 Å². The highest BCUT2D eigenvalue weighted by molar-refractivity contribution is 5.28. The Labute approximate surface area is 56.3 Å². The molecule has 0 aromatic carbocycles. The van der Waals surface area contributed by atoms with Crippen LogP contribution in [0.3, 0.4) is 0 Å². The third-order valence-electron chi connectivity index (χ3n) is 2.74. The van der Waals surface area contributed by atoms with Crippen LogP contribution in [0.2, 0.25) is 0 Å². The first kappa shape index (κ1) is 5.28. The van der Waals surface area contributed by atoms with Crippen LogP contribution in [-0.2, 0) is 0 Å². The van der Waals surface area contributed by atoms with Gasteiger partial charge in [-0.2, -0.15) is 0 Å². The molecule has 0 aromatic rings. The molecule has 0 saturated heterocycles. The Kier molecular flexibility index (Phi) is 0.769. The van der Waals surface area contributed by atoms with Crippen LogP contribution >= 0.6 is 0 Å². The van der Waals surface area contributed by atoms with Crippen molar-refractivity contribution in [3.63, 3.8) is 0 Å². The van der Waals surface area contributed by atoms with E-state index in [1.54, 1.807) is 0 Å². The average Bonchev–Trinajstić information content (AvgIpc) is 2.39. The lowest BCUT2D eigenvalue weighted by molar-refractivity contribution is 0.587. The summed E-state index contributed by atoms with van der Waals surface area (Å²) in [6.45, 7) is 4.67. The summed E-state index contributed by atoms with van der Waals surface area (Å²) in [5, 5.41) is 0. The largest absolute Gasteiger partial charge is 0.0803 e. The Morgan fingerprint density at radius 3 is 1.78 bits per heavy atom. The van der Waals surface area contributed by atoms with Crippen molar-refractivity contribution in [2.45, 2.75) is 13.8 Å². The Hall–Kier alpha value is -0.520. The van der Waals surface area contributed by atoms with E-state index in [-0.39, 0.29) is 0 Å². The molecule has 0 radical (unpaired) electrons. The minimum Gasteiger partial charge on any atom is -0.0803 e. The smallest absolute Gasteiger partial charge is 0.0105 e. The van der Waals surface area contributed by atoms with Crippen LogP contribution < -0.4 is 0 Å². The zero-order valence-electron chi connectivity index (χ0n) is 5.96. The maximum atomic E-state index is 2.34. The second-order valence-electron chi connectivity index (χ2n) is 3.64. The molecular formula is C9H12. The molecule has 2 unspecified atom stereocenters. The third kappa shape index (κ3) is 0.536. The van der Waals surface area contributed by atoms with E-state index >= 15 is 0 Å². The van der Waals surface area contributed by atoms with Crippen molar-refractivity contribution in [2.24, 2.45) is 17.3 Å². The zero-order valence-corrected chi connectivity index (χ0v) is 5.96. The number of hydrogen-bond acceptors (Lipinski definition) is 0. The van der Waals surface area contributed by atoms with Gasteiger partial charge in [-0.1, -0.05) is 38.2 Å². The van der Waals surface area contributed by atoms with E-state index in [9.17, 15) is 0 Å². The predicted octanol–water partition coefficient (Wildman–Crippen LogP) is 2.38. The van der Waals surface area contributed by atoms with Gasteiger partial charge in [0, 0.05) is 0 Å². The first-order valence-corrected chi connectivity index (χ1v) is 3.58. The third-order valence-corrected chi connectivity index (χ3v) is 2.74. The van der Waals surface area contributed by atoms with Crippen molar-refractivity contribution in [1.82, 2.24) is 0 Å². The van der Waals surface area contributed by atoms with Gasteiger partial charge in [-0.05, 0) is 17.3 Å². The lowest BCUT2D eigenvalue weighted by atomic mass is 10.1. The Bertz CT molecular complexity index is 164. The van der Waals surface area contributed by atoms with Crippen molar-refractivity contribution in [1.29, 1.82) is 0 Å². The van der Waals surface area contributed by atoms with Gasteiger partial charge in [0.1, 0.15) is 0 Å². The second kappa shape index (κ2) is 1.31. The van der Waals surface area contributed by atoms with Gasteiger partial charge in [-0.25, -0.2) is 0 Å². The topological polar surface area (TPSA) is 0 Å². The molecule has 1 fully saturated rings. The molecule has 0 spiro atoms. The second-order valence-corrected chi connectivity index (χ2v) is 3.64. The van der Waals surface area contributed by atoms with Gasteiger partial charge in [0.2, 0.25) is 0 Å². The van der Waals surface area contributed by atoms with Crippen LogP contribution in [-0.4, -0.2) is 0 Å². The fraction of sp³-hybridized carbons (Fsp3) is 0.556. The average molecular weight is 120 g/mol. The molecule has 2 aliphatic rings. The Morgan fingerprint density at radius 2 is 1.44 bits per heavy atom. The maximum Gasteiger partial charge on any atom is -0.0105 e. The van der Waals surface area contributed by atoms with Crippen LogP contribution in [0, 0.1) is 17.3 Å². The summed E-state index contributed by atoms with van der Waals surface area (Å²) in [5.41, 5.74) is 0.573. The monoisotopic (exact) mass is 120 g/mol. The van der Waals surface area contributed by atoms with Gasteiger partial charge in [-0.3, -0.25) is 0 Å². The summed E-state index contributed by atoms with van der Waals surface area (Å²) in [4.78, 5) is 0. The van der Waals surface area contributed by atoms with Gasteiger partial charge in [0.25, 0.3) is 0 Å². The summed E-state index contributed by atoms with van der Waals surface area (Å²) in [7, 11) is 0. The van der Waals surface area contributed by atoms with Gasteiger partial charge in [-0.15, -0.1) is 0 Å². The van der Waals surface area contributed by atoms with Crippen molar-refractivity contribution < 1.29 is 0 Å². The summed E-state index contributed by atoms with van der Waals surface area (Å²) in [5.74, 6) is 1.70. The minimum atomic E-state index is 0.573. The Balaban J connectivity index is 2.29. The van der Waals surface area contributed by atoms with Crippen molar-refractivity contribution in [2.75, 3.05) is 0 Å². The molecule has 0 aromatic heterocycles. The van der Waals surface area contributed by atoms with E-state index in [0.717, 1.165) is 11.8 Å².